The van der Waals surface area contributed by atoms with Crippen molar-refractivity contribution in [2.45, 2.75) is 71.5 Å². The van der Waals surface area contributed by atoms with Crippen molar-refractivity contribution >= 4 is 6.29 Å². The maximum absolute atomic E-state index is 11.7. The molecule has 0 spiro atoms. The molecule has 0 unspecified atom stereocenters. The van der Waals surface area contributed by atoms with E-state index in [1.807, 2.05) is 0 Å². The largest absolute Gasteiger partial charge is 0.367 e. The zero-order valence-corrected chi connectivity index (χ0v) is 13.9. The van der Waals surface area contributed by atoms with Crippen molar-refractivity contribution in [3.63, 3.8) is 0 Å². The van der Waals surface area contributed by atoms with E-state index in [-0.39, 0.29) is 16.6 Å². The van der Waals surface area contributed by atoms with Gasteiger partial charge in [0, 0.05) is 25.0 Å². The normalized spacial score (nSPS) is 37.5. The first-order chi connectivity index (χ1) is 9.15. The minimum absolute atomic E-state index is 0.115. The third-order valence-corrected chi connectivity index (χ3v) is 4.82. The number of hydrogen-bond donors (Lipinski definition) is 0. The van der Waals surface area contributed by atoms with Crippen molar-refractivity contribution in [1.82, 2.24) is 4.90 Å². The highest BCUT2D eigenvalue weighted by molar-refractivity contribution is 5.60. The standard InChI is InChI=1S/C17H31NO2/c1-14-6-8-17(13-19,9-7-14)12-18-10-15(2,3)20-16(4,5)11-18/h13-14H,6-12H2,1-5H3. The maximum Gasteiger partial charge on any atom is 0.127 e. The smallest absolute Gasteiger partial charge is 0.127 e. The van der Waals surface area contributed by atoms with Gasteiger partial charge in [-0.05, 0) is 59.3 Å². The van der Waals surface area contributed by atoms with Gasteiger partial charge in [0.15, 0.2) is 0 Å². The fourth-order valence-electron chi connectivity index (χ4n) is 4.15. The lowest BCUT2D eigenvalue weighted by molar-refractivity contribution is -0.186. The third-order valence-electron chi connectivity index (χ3n) is 4.82. The molecule has 0 atom stereocenters. The highest BCUT2D eigenvalue weighted by atomic mass is 16.5. The summed E-state index contributed by atoms with van der Waals surface area (Å²) in [6.45, 7) is 13.6. The fraction of sp³-hybridized carbons (Fsp3) is 0.941. The first kappa shape index (κ1) is 16.0. The number of nitrogens with zero attached hydrogens (tertiary/aromatic N) is 1. The van der Waals surface area contributed by atoms with E-state index in [0.29, 0.717) is 0 Å². The highest BCUT2D eigenvalue weighted by Crippen LogP contribution is 2.39. The Hall–Kier alpha value is -0.410. The van der Waals surface area contributed by atoms with Crippen molar-refractivity contribution in [3.05, 3.63) is 0 Å². The zero-order chi connectivity index (χ0) is 15.0. The van der Waals surface area contributed by atoms with Crippen LogP contribution in [0.1, 0.15) is 60.3 Å². The molecule has 0 aromatic carbocycles. The van der Waals surface area contributed by atoms with Crippen LogP contribution in [-0.4, -0.2) is 42.0 Å². The van der Waals surface area contributed by atoms with Crippen LogP contribution in [0.2, 0.25) is 0 Å². The topological polar surface area (TPSA) is 29.5 Å². The van der Waals surface area contributed by atoms with Gasteiger partial charge in [-0.15, -0.1) is 0 Å². The molecule has 0 bridgehead atoms. The lowest BCUT2D eigenvalue weighted by Crippen LogP contribution is -2.59. The second-order valence-corrected chi connectivity index (χ2v) is 8.43. The van der Waals surface area contributed by atoms with Crippen molar-refractivity contribution in [2.24, 2.45) is 11.3 Å². The summed E-state index contributed by atoms with van der Waals surface area (Å²) in [5.41, 5.74) is -0.377. The van der Waals surface area contributed by atoms with Crippen LogP contribution in [0, 0.1) is 11.3 Å². The van der Waals surface area contributed by atoms with E-state index in [9.17, 15) is 4.79 Å². The van der Waals surface area contributed by atoms with Crippen LogP contribution in [0.25, 0.3) is 0 Å². The van der Waals surface area contributed by atoms with Crippen LogP contribution < -0.4 is 0 Å². The van der Waals surface area contributed by atoms with Crippen LogP contribution in [0.3, 0.4) is 0 Å². The zero-order valence-electron chi connectivity index (χ0n) is 13.9. The Morgan fingerprint density at radius 1 is 1.10 bits per heavy atom. The number of hydrogen-bond acceptors (Lipinski definition) is 3. The van der Waals surface area contributed by atoms with Gasteiger partial charge in [-0.2, -0.15) is 0 Å². The van der Waals surface area contributed by atoms with E-state index in [2.05, 4.69) is 39.5 Å². The lowest BCUT2D eigenvalue weighted by atomic mass is 9.71. The van der Waals surface area contributed by atoms with Gasteiger partial charge >= 0.3 is 0 Å². The predicted molar refractivity (Wildman–Crippen MR) is 81.8 cm³/mol. The van der Waals surface area contributed by atoms with Crippen molar-refractivity contribution in [1.29, 1.82) is 0 Å². The van der Waals surface area contributed by atoms with Crippen molar-refractivity contribution in [2.75, 3.05) is 19.6 Å². The average Bonchev–Trinajstić information content (AvgIpc) is 2.28. The fourth-order valence-corrected chi connectivity index (χ4v) is 4.15. The molecule has 2 rings (SSSR count). The highest BCUT2D eigenvalue weighted by Gasteiger charge is 2.42. The van der Waals surface area contributed by atoms with E-state index in [1.165, 1.54) is 19.1 Å². The van der Waals surface area contributed by atoms with Gasteiger partial charge < -0.3 is 9.53 Å². The third kappa shape index (κ3) is 3.82. The summed E-state index contributed by atoms with van der Waals surface area (Å²) < 4.78 is 6.13. The summed E-state index contributed by atoms with van der Waals surface area (Å²) >= 11 is 0. The van der Waals surface area contributed by atoms with E-state index < -0.39 is 0 Å². The molecule has 1 saturated heterocycles. The SMILES string of the molecule is CC1CCC(C=O)(CN2CC(C)(C)OC(C)(C)C2)CC1. The molecule has 2 fully saturated rings. The molecule has 1 aliphatic heterocycles. The predicted octanol–water partition coefficient (Wildman–Crippen LogP) is 3.27. The Bertz CT molecular complexity index is 338. The van der Waals surface area contributed by atoms with Gasteiger partial charge in [0.25, 0.3) is 0 Å². The number of rotatable bonds is 3. The number of ether oxygens (including phenoxy) is 1. The second-order valence-electron chi connectivity index (χ2n) is 8.43. The first-order valence-electron chi connectivity index (χ1n) is 8.04. The van der Waals surface area contributed by atoms with Crippen molar-refractivity contribution in [3.8, 4) is 0 Å². The molecule has 1 aliphatic carbocycles. The van der Waals surface area contributed by atoms with E-state index in [4.69, 9.17) is 4.74 Å². The molecule has 0 amide bonds. The molecule has 0 aromatic heterocycles. The van der Waals surface area contributed by atoms with Crippen LogP contribution in [0.4, 0.5) is 0 Å². The van der Waals surface area contributed by atoms with Gasteiger partial charge in [-0.25, -0.2) is 0 Å². The van der Waals surface area contributed by atoms with Crippen LogP contribution in [0.5, 0.6) is 0 Å². The molecule has 0 aromatic rings. The Balaban J connectivity index is 2.05. The molecule has 0 N–H and O–H groups in total. The molecule has 116 valence electrons. The van der Waals surface area contributed by atoms with E-state index in [1.54, 1.807) is 0 Å². The molecular formula is C17H31NO2. The molecule has 20 heavy (non-hydrogen) atoms. The number of carbonyl (C=O) groups is 1. The molecule has 2 aliphatic rings. The van der Waals surface area contributed by atoms with Gasteiger partial charge in [0.2, 0.25) is 0 Å². The maximum atomic E-state index is 11.7. The molecule has 1 heterocycles. The average molecular weight is 281 g/mol. The monoisotopic (exact) mass is 281 g/mol. The van der Waals surface area contributed by atoms with Crippen LogP contribution in [-0.2, 0) is 9.53 Å². The van der Waals surface area contributed by atoms with Gasteiger partial charge in [-0.3, -0.25) is 4.90 Å². The van der Waals surface area contributed by atoms with Gasteiger partial charge in [-0.1, -0.05) is 6.92 Å². The Kier molecular flexibility index (Phi) is 4.32. The van der Waals surface area contributed by atoms with Gasteiger partial charge in [0.05, 0.1) is 11.2 Å². The molecular weight excluding hydrogens is 250 g/mol. The summed E-state index contributed by atoms with van der Waals surface area (Å²) in [5, 5.41) is 0. The number of aldehydes is 1. The minimum Gasteiger partial charge on any atom is -0.367 e. The molecule has 3 nitrogen and oxygen atoms in total. The summed E-state index contributed by atoms with van der Waals surface area (Å²) in [7, 11) is 0. The van der Waals surface area contributed by atoms with E-state index >= 15 is 0 Å². The van der Waals surface area contributed by atoms with E-state index in [0.717, 1.165) is 38.4 Å². The Labute approximate surface area is 124 Å². The molecule has 3 heteroatoms. The van der Waals surface area contributed by atoms with Crippen molar-refractivity contribution < 1.29 is 9.53 Å². The second kappa shape index (κ2) is 5.42. The lowest BCUT2D eigenvalue weighted by Gasteiger charge is -2.49. The summed E-state index contributed by atoms with van der Waals surface area (Å²) in [5.74, 6) is 0.778. The van der Waals surface area contributed by atoms with Crippen LogP contribution in [0.15, 0.2) is 0 Å². The van der Waals surface area contributed by atoms with Gasteiger partial charge in [0.1, 0.15) is 6.29 Å². The van der Waals surface area contributed by atoms with Crippen LogP contribution >= 0.6 is 0 Å². The Morgan fingerprint density at radius 2 is 1.60 bits per heavy atom. The molecule has 0 radical (unpaired) electrons. The first-order valence-corrected chi connectivity index (χ1v) is 8.04. The Morgan fingerprint density at radius 3 is 2.05 bits per heavy atom. The quantitative estimate of drug-likeness (QED) is 0.744. The number of morpholine rings is 1. The summed E-state index contributed by atoms with van der Waals surface area (Å²) in [6, 6.07) is 0. The minimum atomic E-state index is -0.131. The number of carbonyl (C=O) groups excluding carboxylic acids is 1. The molecule has 1 saturated carbocycles. The summed E-state index contributed by atoms with van der Waals surface area (Å²) in [4.78, 5) is 14.2. The summed E-state index contributed by atoms with van der Waals surface area (Å²) in [6.07, 6.45) is 5.73.